The molecule has 8 heteroatoms. The lowest BCUT2D eigenvalue weighted by molar-refractivity contribution is -0.111. The molecule has 1 amide bonds. The lowest BCUT2D eigenvalue weighted by atomic mass is 10.1. The molecular formula is C22H19BrClN3O2S. The minimum absolute atomic E-state index is 0.194. The smallest absolute Gasteiger partial charge is 0.248 e. The van der Waals surface area contributed by atoms with E-state index in [1.54, 1.807) is 11.3 Å². The molecule has 0 bridgehead atoms. The van der Waals surface area contributed by atoms with Crippen LogP contribution in [0.1, 0.15) is 4.88 Å². The Hall–Kier alpha value is -2.19. The van der Waals surface area contributed by atoms with E-state index in [0.29, 0.717) is 18.2 Å². The highest BCUT2D eigenvalue weighted by atomic mass is 79.9. The van der Waals surface area contributed by atoms with Gasteiger partial charge in [-0.05, 0) is 42.5 Å². The summed E-state index contributed by atoms with van der Waals surface area (Å²) in [4.78, 5) is 20.4. The standard InChI is InChI=1S/C22H19BrClN3O2S/c23-16-3-7-18(8-4-16)25-20(28)10-9-19-21(15-1-5-17(24)6-2-15)26-22(30-19)27-11-13-29-14-12-27/h1-10H,11-14H2,(H,25,28)/b10-9+. The van der Waals surface area contributed by atoms with Gasteiger partial charge in [0.2, 0.25) is 5.91 Å². The SMILES string of the molecule is O=C(/C=C/c1sc(N2CCOCC2)nc1-c1ccc(Cl)cc1)Nc1ccc(Br)cc1. The Morgan fingerprint density at radius 3 is 2.53 bits per heavy atom. The van der Waals surface area contributed by atoms with Gasteiger partial charge in [-0.2, -0.15) is 0 Å². The average Bonchev–Trinajstić information content (AvgIpc) is 3.19. The van der Waals surface area contributed by atoms with E-state index in [1.807, 2.05) is 54.6 Å². The molecule has 5 nitrogen and oxygen atoms in total. The van der Waals surface area contributed by atoms with Crippen molar-refractivity contribution >= 4 is 61.7 Å². The van der Waals surface area contributed by atoms with Crippen molar-refractivity contribution in [3.63, 3.8) is 0 Å². The molecule has 154 valence electrons. The molecule has 4 rings (SSSR count). The molecule has 0 unspecified atom stereocenters. The van der Waals surface area contributed by atoms with E-state index in [0.717, 1.165) is 44.5 Å². The number of rotatable bonds is 5. The van der Waals surface area contributed by atoms with Gasteiger partial charge < -0.3 is 15.0 Å². The predicted molar refractivity (Wildman–Crippen MR) is 127 cm³/mol. The highest BCUT2D eigenvalue weighted by Gasteiger charge is 2.18. The fraction of sp³-hybridized carbons (Fsp3) is 0.182. The third-order valence-corrected chi connectivity index (χ3v) is 6.40. The number of carbonyl (C=O) groups is 1. The minimum Gasteiger partial charge on any atom is -0.378 e. The van der Waals surface area contributed by atoms with Crippen LogP contribution in [-0.2, 0) is 9.53 Å². The average molecular weight is 505 g/mol. The van der Waals surface area contributed by atoms with Gasteiger partial charge in [-0.1, -0.05) is 51.0 Å². The topological polar surface area (TPSA) is 54.5 Å². The van der Waals surface area contributed by atoms with E-state index in [-0.39, 0.29) is 5.91 Å². The van der Waals surface area contributed by atoms with Crippen molar-refractivity contribution in [2.24, 2.45) is 0 Å². The molecule has 1 aliphatic heterocycles. The molecular weight excluding hydrogens is 486 g/mol. The second kappa shape index (κ2) is 9.75. The molecule has 30 heavy (non-hydrogen) atoms. The Morgan fingerprint density at radius 1 is 1.13 bits per heavy atom. The maximum absolute atomic E-state index is 12.4. The van der Waals surface area contributed by atoms with Gasteiger partial charge in [0.1, 0.15) is 0 Å². The van der Waals surface area contributed by atoms with Crippen LogP contribution >= 0.6 is 38.9 Å². The van der Waals surface area contributed by atoms with Gasteiger partial charge in [0.05, 0.1) is 23.8 Å². The number of nitrogens with zero attached hydrogens (tertiary/aromatic N) is 2. The largest absolute Gasteiger partial charge is 0.378 e. The normalized spacial score (nSPS) is 14.3. The van der Waals surface area contributed by atoms with Gasteiger partial charge in [0, 0.05) is 39.9 Å². The van der Waals surface area contributed by atoms with Gasteiger partial charge in [0.25, 0.3) is 0 Å². The number of nitrogens with one attached hydrogen (secondary N) is 1. The third-order valence-electron chi connectivity index (χ3n) is 4.54. The molecule has 0 spiro atoms. The minimum atomic E-state index is -0.194. The Labute approximate surface area is 192 Å². The van der Waals surface area contributed by atoms with E-state index in [2.05, 4.69) is 26.1 Å². The van der Waals surface area contributed by atoms with Crippen molar-refractivity contribution in [3.05, 3.63) is 69.0 Å². The van der Waals surface area contributed by atoms with Gasteiger partial charge in [0.15, 0.2) is 5.13 Å². The fourth-order valence-electron chi connectivity index (χ4n) is 3.01. The molecule has 3 aromatic rings. The second-order valence-corrected chi connectivity index (χ2v) is 9.01. The molecule has 0 aliphatic carbocycles. The van der Waals surface area contributed by atoms with Gasteiger partial charge >= 0.3 is 0 Å². The zero-order valence-corrected chi connectivity index (χ0v) is 19.1. The van der Waals surface area contributed by atoms with Gasteiger partial charge in [-0.3, -0.25) is 4.79 Å². The first-order chi connectivity index (χ1) is 14.6. The van der Waals surface area contributed by atoms with Crippen LogP contribution < -0.4 is 10.2 Å². The predicted octanol–water partition coefficient (Wildman–Crippen LogP) is 5.71. The lowest BCUT2D eigenvalue weighted by Gasteiger charge is -2.26. The number of hydrogen-bond acceptors (Lipinski definition) is 5. The lowest BCUT2D eigenvalue weighted by Crippen LogP contribution is -2.36. The zero-order valence-electron chi connectivity index (χ0n) is 16.0. The summed E-state index contributed by atoms with van der Waals surface area (Å²) in [5, 5.41) is 4.47. The monoisotopic (exact) mass is 503 g/mol. The van der Waals surface area contributed by atoms with Crippen LogP contribution in [-0.4, -0.2) is 37.2 Å². The molecule has 2 heterocycles. The number of morpholine rings is 1. The summed E-state index contributed by atoms with van der Waals surface area (Å²) in [7, 11) is 0. The van der Waals surface area contributed by atoms with Crippen LogP contribution in [0.25, 0.3) is 17.3 Å². The van der Waals surface area contributed by atoms with Crippen LogP contribution in [0.15, 0.2) is 59.1 Å². The Balaban J connectivity index is 1.58. The summed E-state index contributed by atoms with van der Waals surface area (Å²) >= 11 is 11.0. The first kappa shape index (κ1) is 21.1. The van der Waals surface area contributed by atoms with Crippen LogP contribution in [0.4, 0.5) is 10.8 Å². The maximum atomic E-state index is 12.4. The van der Waals surface area contributed by atoms with Gasteiger partial charge in [-0.25, -0.2) is 4.98 Å². The third kappa shape index (κ3) is 5.29. The summed E-state index contributed by atoms with van der Waals surface area (Å²) in [6.45, 7) is 2.99. The van der Waals surface area contributed by atoms with Crippen molar-refractivity contribution in [1.82, 2.24) is 4.98 Å². The summed E-state index contributed by atoms with van der Waals surface area (Å²) < 4.78 is 6.41. The van der Waals surface area contributed by atoms with E-state index >= 15 is 0 Å². The number of ether oxygens (including phenoxy) is 1. The van der Waals surface area contributed by atoms with Crippen LogP contribution in [0.3, 0.4) is 0 Å². The molecule has 0 saturated carbocycles. The van der Waals surface area contributed by atoms with Gasteiger partial charge in [-0.15, -0.1) is 0 Å². The number of aromatic nitrogens is 1. The molecule has 1 aromatic heterocycles. The Morgan fingerprint density at radius 2 is 1.83 bits per heavy atom. The van der Waals surface area contributed by atoms with Crippen molar-refractivity contribution < 1.29 is 9.53 Å². The summed E-state index contributed by atoms with van der Waals surface area (Å²) in [5.41, 5.74) is 2.54. The van der Waals surface area contributed by atoms with E-state index in [1.165, 1.54) is 6.08 Å². The molecule has 1 fully saturated rings. The van der Waals surface area contributed by atoms with Crippen molar-refractivity contribution in [2.45, 2.75) is 0 Å². The molecule has 1 aliphatic rings. The highest BCUT2D eigenvalue weighted by molar-refractivity contribution is 9.10. The van der Waals surface area contributed by atoms with Crippen LogP contribution in [0, 0.1) is 0 Å². The zero-order chi connectivity index (χ0) is 20.9. The number of halogens is 2. The van der Waals surface area contributed by atoms with E-state index in [9.17, 15) is 4.79 Å². The number of anilines is 2. The number of benzene rings is 2. The molecule has 0 radical (unpaired) electrons. The number of carbonyl (C=O) groups excluding carboxylic acids is 1. The molecule has 1 saturated heterocycles. The van der Waals surface area contributed by atoms with Crippen molar-refractivity contribution in [3.8, 4) is 11.3 Å². The first-order valence-corrected chi connectivity index (χ1v) is 11.4. The number of thiazole rings is 1. The van der Waals surface area contributed by atoms with E-state index < -0.39 is 0 Å². The number of hydrogen-bond donors (Lipinski definition) is 1. The summed E-state index contributed by atoms with van der Waals surface area (Å²) in [6.07, 6.45) is 3.36. The van der Waals surface area contributed by atoms with Crippen LogP contribution in [0.5, 0.6) is 0 Å². The van der Waals surface area contributed by atoms with E-state index in [4.69, 9.17) is 21.3 Å². The maximum Gasteiger partial charge on any atom is 0.248 e. The Kier molecular flexibility index (Phi) is 6.84. The van der Waals surface area contributed by atoms with Crippen molar-refractivity contribution in [2.75, 3.05) is 36.5 Å². The van der Waals surface area contributed by atoms with Crippen LogP contribution in [0.2, 0.25) is 5.02 Å². The summed E-state index contributed by atoms with van der Waals surface area (Å²) in [6, 6.07) is 15.0. The number of amides is 1. The van der Waals surface area contributed by atoms with Crippen molar-refractivity contribution in [1.29, 1.82) is 0 Å². The Bertz CT molecular complexity index is 1050. The molecule has 2 aromatic carbocycles. The molecule has 0 atom stereocenters. The first-order valence-electron chi connectivity index (χ1n) is 9.42. The molecule has 1 N–H and O–H groups in total. The summed E-state index contributed by atoms with van der Waals surface area (Å²) in [5.74, 6) is -0.194. The highest BCUT2D eigenvalue weighted by Crippen LogP contribution is 2.35. The fourth-order valence-corrected chi connectivity index (χ4v) is 4.44. The second-order valence-electron chi connectivity index (χ2n) is 6.65. The quantitative estimate of drug-likeness (QED) is 0.452.